The zero-order valence-corrected chi connectivity index (χ0v) is 9.50. The van der Waals surface area contributed by atoms with Gasteiger partial charge in [-0.15, -0.1) is 0 Å². The Hall–Kier alpha value is -2.36. The maximum absolute atomic E-state index is 5.07. The molecular formula is C13H13N3O. The molecule has 0 spiro atoms. The van der Waals surface area contributed by atoms with Crippen LogP contribution >= 0.6 is 0 Å². The fourth-order valence-electron chi connectivity index (χ4n) is 1.30. The molecule has 0 aliphatic heterocycles. The van der Waals surface area contributed by atoms with E-state index >= 15 is 0 Å². The number of ether oxygens (including phenoxy) is 1. The van der Waals surface area contributed by atoms with Gasteiger partial charge in [-0.05, 0) is 30.3 Å². The number of methoxy groups -OCH3 is 1. The summed E-state index contributed by atoms with van der Waals surface area (Å²) in [6, 6.07) is 11.4. The van der Waals surface area contributed by atoms with E-state index in [9.17, 15) is 0 Å². The van der Waals surface area contributed by atoms with Crippen molar-refractivity contribution in [3.8, 4) is 5.75 Å². The van der Waals surface area contributed by atoms with Crippen LogP contribution in [-0.4, -0.2) is 18.3 Å². The van der Waals surface area contributed by atoms with Gasteiger partial charge >= 0.3 is 0 Å². The Morgan fingerprint density at radius 1 is 1.24 bits per heavy atom. The molecule has 4 heteroatoms. The fraction of sp³-hybridized carbons (Fsp3) is 0.0769. The molecule has 0 saturated carbocycles. The van der Waals surface area contributed by atoms with Gasteiger partial charge in [0.05, 0.1) is 19.0 Å². The number of pyridine rings is 1. The lowest BCUT2D eigenvalue weighted by molar-refractivity contribution is 0.415. The number of nitrogens with one attached hydrogen (secondary N) is 1. The van der Waals surface area contributed by atoms with Crippen molar-refractivity contribution < 1.29 is 4.74 Å². The predicted octanol–water partition coefficient (Wildman–Crippen LogP) is 2.54. The molecule has 2 aromatic rings. The van der Waals surface area contributed by atoms with Crippen molar-refractivity contribution >= 4 is 11.9 Å². The summed E-state index contributed by atoms with van der Waals surface area (Å²) in [5, 5.41) is 4.11. The molecule has 0 unspecified atom stereocenters. The van der Waals surface area contributed by atoms with E-state index in [0.717, 1.165) is 17.0 Å². The van der Waals surface area contributed by atoms with E-state index in [0.29, 0.717) is 0 Å². The minimum atomic E-state index is 0.826. The molecule has 1 N–H and O–H groups in total. The maximum atomic E-state index is 5.07. The molecule has 0 aliphatic rings. The molecule has 1 aromatic heterocycles. The molecule has 0 fully saturated rings. The molecule has 86 valence electrons. The van der Waals surface area contributed by atoms with Gasteiger partial charge in [-0.25, -0.2) is 0 Å². The summed E-state index contributed by atoms with van der Waals surface area (Å²) in [6.07, 6.45) is 5.20. The van der Waals surface area contributed by atoms with E-state index in [1.165, 1.54) is 0 Å². The molecule has 0 radical (unpaired) electrons. The predicted molar refractivity (Wildman–Crippen MR) is 68.4 cm³/mol. The molecule has 0 saturated heterocycles. The second-order valence-electron chi connectivity index (χ2n) is 3.38. The van der Waals surface area contributed by atoms with Gasteiger partial charge < -0.3 is 4.74 Å². The van der Waals surface area contributed by atoms with Gasteiger partial charge in [-0.2, -0.15) is 5.10 Å². The largest absolute Gasteiger partial charge is 0.497 e. The summed E-state index contributed by atoms with van der Waals surface area (Å²) in [6.45, 7) is 0. The molecule has 0 amide bonds. The molecular weight excluding hydrogens is 214 g/mol. The Bertz CT molecular complexity index is 480. The number of rotatable bonds is 4. The first kappa shape index (κ1) is 11.1. The lowest BCUT2D eigenvalue weighted by atomic mass is 10.3. The molecule has 2 rings (SSSR count). The van der Waals surface area contributed by atoms with Gasteiger partial charge in [0, 0.05) is 18.0 Å². The number of hydrogen-bond acceptors (Lipinski definition) is 4. The molecule has 0 bridgehead atoms. The summed E-state index contributed by atoms with van der Waals surface area (Å²) in [7, 11) is 1.64. The molecule has 0 atom stereocenters. The normalized spacial score (nSPS) is 10.4. The number of benzene rings is 1. The Balaban J connectivity index is 1.95. The van der Waals surface area contributed by atoms with Gasteiger partial charge in [0.25, 0.3) is 0 Å². The molecule has 1 aromatic carbocycles. The summed E-state index contributed by atoms with van der Waals surface area (Å²) in [4.78, 5) is 4.00. The van der Waals surface area contributed by atoms with Gasteiger partial charge in [0.1, 0.15) is 5.75 Å². The van der Waals surface area contributed by atoms with Crippen LogP contribution in [0.25, 0.3) is 0 Å². The van der Waals surface area contributed by atoms with E-state index < -0.39 is 0 Å². The van der Waals surface area contributed by atoms with Crippen LogP contribution in [0.1, 0.15) is 5.56 Å². The van der Waals surface area contributed by atoms with Crippen molar-refractivity contribution in [3.05, 3.63) is 54.4 Å². The van der Waals surface area contributed by atoms with E-state index in [1.54, 1.807) is 25.7 Å². The third kappa shape index (κ3) is 3.31. The molecule has 4 nitrogen and oxygen atoms in total. The van der Waals surface area contributed by atoms with Crippen LogP contribution in [0.2, 0.25) is 0 Å². The number of hydrogen-bond donors (Lipinski definition) is 1. The second kappa shape index (κ2) is 5.65. The maximum Gasteiger partial charge on any atom is 0.119 e. The summed E-state index contributed by atoms with van der Waals surface area (Å²) >= 11 is 0. The van der Waals surface area contributed by atoms with E-state index in [2.05, 4.69) is 15.5 Å². The Morgan fingerprint density at radius 3 is 2.71 bits per heavy atom. The average Bonchev–Trinajstić information content (AvgIpc) is 2.41. The van der Waals surface area contributed by atoms with Crippen molar-refractivity contribution in [2.24, 2.45) is 5.10 Å². The Morgan fingerprint density at radius 2 is 2.06 bits per heavy atom. The van der Waals surface area contributed by atoms with Crippen LogP contribution in [0.3, 0.4) is 0 Å². The smallest absolute Gasteiger partial charge is 0.119 e. The van der Waals surface area contributed by atoms with Crippen molar-refractivity contribution in [1.82, 2.24) is 4.98 Å². The number of aromatic nitrogens is 1. The van der Waals surface area contributed by atoms with E-state index in [-0.39, 0.29) is 0 Å². The van der Waals surface area contributed by atoms with Crippen LogP contribution in [0.15, 0.2) is 53.9 Å². The average molecular weight is 227 g/mol. The minimum absolute atomic E-state index is 0.826. The Labute approximate surface area is 100.0 Å². The number of hydrazone groups is 1. The van der Waals surface area contributed by atoms with Crippen LogP contribution in [0, 0.1) is 0 Å². The fourth-order valence-corrected chi connectivity index (χ4v) is 1.30. The van der Waals surface area contributed by atoms with Crippen LogP contribution in [0.5, 0.6) is 5.75 Å². The highest BCUT2D eigenvalue weighted by atomic mass is 16.5. The molecule has 0 aliphatic carbocycles. The van der Waals surface area contributed by atoms with E-state index in [1.807, 2.05) is 36.4 Å². The van der Waals surface area contributed by atoms with Gasteiger partial charge in [-0.1, -0.05) is 6.07 Å². The standard InChI is InChI=1S/C13H13N3O/c1-17-13-6-4-12(5-7-13)16-15-10-11-3-2-8-14-9-11/h2-10,16H,1H3. The van der Waals surface area contributed by atoms with Crippen LogP contribution in [-0.2, 0) is 0 Å². The van der Waals surface area contributed by atoms with Crippen molar-refractivity contribution in [2.75, 3.05) is 12.5 Å². The summed E-state index contributed by atoms with van der Waals surface area (Å²) < 4.78 is 5.07. The first-order chi connectivity index (χ1) is 8.38. The third-order valence-corrected chi connectivity index (χ3v) is 2.18. The zero-order valence-electron chi connectivity index (χ0n) is 9.50. The third-order valence-electron chi connectivity index (χ3n) is 2.18. The lowest BCUT2D eigenvalue weighted by Gasteiger charge is -2.02. The first-order valence-electron chi connectivity index (χ1n) is 5.21. The van der Waals surface area contributed by atoms with Crippen LogP contribution < -0.4 is 10.2 Å². The SMILES string of the molecule is COc1ccc(NN=Cc2cccnc2)cc1. The number of nitrogens with zero attached hydrogens (tertiary/aromatic N) is 2. The van der Waals surface area contributed by atoms with E-state index in [4.69, 9.17) is 4.74 Å². The van der Waals surface area contributed by atoms with Crippen LogP contribution in [0.4, 0.5) is 5.69 Å². The minimum Gasteiger partial charge on any atom is -0.497 e. The topological polar surface area (TPSA) is 46.5 Å². The molecule has 17 heavy (non-hydrogen) atoms. The van der Waals surface area contributed by atoms with Crippen molar-refractivity contribution in [2.45, 2.75) is 0 Å². The van der Waals surface area contributed by atoms with Gasteiger partial charge in [0.2, 0.25) is 0 Å². The highest BCUT2D eigenvalue weighted by Crippen LogP contribution is 2.14. The van der Waals surface area contributed by atoms with Gasteiger partial charge in [0.15, 0.2) is 0 Å². The van der Waals surface area contributed by atoms with Crippen molar-refractivity contribution in [3.63, 3.8) is 0 Å². The van der Waals surface area contributed by atoms with Crippen molar-refractivity contribution in [1.29, 1.82) is 0 Å². The summed E-state index contributed by atoms with van der Waals surface area (Å²) in [5.74, 6) is 0.826. The first-order valence-corrected chi connectivity index (χ1v) is 5.21. The molecule has 1 heterocycles. The highest BCUT2D eigenvalue weighted by molar-refractivity contribution is 5.79. The number of anilines is 1. The zero-order chi connectivity index (χ0) is 11.9. The monoisotopic (exact) mass is 227 g/mol. The van der Waals surface area contributed by atoms with Gasteiger partial charge in [-0.3, -0.25) is 10.4 Å². The lowest BCUT2D eigenvalue weighted by Crippen LogP contribution is -1.91. The second-order valence-corrected chi connectivity index (χ2v) is 3.38. The summed E-state index contributed by atoms with van der Waals surface area (Å²) in [5.41, 5.74) is 4.79. The highest BCUT2D eigenvalue weighted by Gasteiger charge is 1.91. The quantitative estimate of drug-likeness (QED) is 0.645. The Kier molecular flexibility index (Phi) is 3.70.